The zero-order valence-electron chi connectivity index (χ0n) is 16.2. The molecule has 150 valence electrons. The third kappa shape index (κ3) is 4.50. The van der Waals surface area contributed by atoms with E-state index in [4.69, 9.17) is 9.47 Å². The molecule has 3 aromatic carbocycles. The molecule has 4 aromatic rings. The molecule has 1 aromatic heterocycles. The van der Waals surface area contributed by atoms with E-state index in [2.05, 4.69) is 4.98 Å². The molecule has 0 atom stereocenters. The van der Waals surface area contributed by atoms with Gasteiger partial charge in [0.1, 0.15) is 24.7 Å². The van der Waals surface area contributed by atoms with Crippen molar-refractivity contribution in [2.24, 2.45) is 0 Å². The van der Waals surface area contributed by atoms with E-state index in [9.17, 15) is 10.1 Å². The van der Waals surface area contributed by atoms with Crippen LogP contribution in [0.1, 0.15) is 16.7 Å². The Morgan fingerprint density at radius 2 is 1.40 bits per heavy atom. The molecule has 30 heavy (non-hydrogen) atoms. The number of benzene rings is 3. The van der Waals surface area contributed by atoms with E-state index in [1.54, 1.807) is 6.20 Å². The largest absolute Gasteiger partial charge is 0.488 e. The highest BCUT2D eigenvalue weighted by Crippen LogP contribution is 2.36. The number of fused-ring (bicyclic) bond motifs is 1. The van der Waals surface area contributed by atoms with Crippen LogP contribution in [0.5, 0.6) is 11.5 Å². The van der Waals surface area contributed by atoms with Crippen molar-refractivity contribution in [1.82, 2.24) is 4.98 Å². The fourth-order valence-corrected chi connectivity index (χ4v) is 3.20. The van der Waals surface area contributed by atoms with Crippen LogP contribution < -0.4 is 9.47 Å². The van der Waals surface area contributed by atoms with Gasteiger partial charge in [0.15, 0.2) is 0 Å². The van der Waals surface area contributed by atoms with Crippen molar-refractivity contribution in [3.8, 4) is 11.5 Å². The average Bonchev–Trinajstić information content (AvgIpc) is 3.21. The number of nitrogens with one attached hydrogen (secondary N) is 1. The van der Waals surface area contributed by atoms with Crippen LogP contribution in [-0.2, 0) is 13.2 Å². The van der Waals surface area contributed by atoms with Crippen molar-refractivity contribution in [3.05, 3.63) is 112 Å². The lowest BCUT2D eigenvalue weighted by molar-refractivity contribution is -0.400. The Balaban J connectivity index is 1.66. The van der Waals surface area contributed by atoms with E-state index in [1.165, 1.54) is 6.08 Å². The van der Waals surface area contributed by atoms with Crippen LogP contribution in [0.4, 0.5) is 0 Å². The van der Waals surface area contributed by atoms with Gasteiger partial charge < -0.3 is 14.5 Å². The number of H-pyrrole nitrogens is 1. The third-order valence-electron chi connectivity index (χ3n) is 4.64. The molecule has 0 fully saturated rings. The summed E-state index contributed by atoms with van der Waals surface area (Å²) in [5.41, 5.74) is 3.48. The highest BCUT2D eigenvalue weighted by Gasteiger charge is 2.14. The van der Waals surface area contributed by atoms with Crippen LogP contribution in [0.25, 0.3) is 17.0 Å². The monoisotopic (exact) mass is 400 g/mol. The van der Waals surface area contributed by atoms with Crippen LogP contribution in [-0.4, -0.2) is 9.91 Å². The van der Waals surface area contributed by atoms with Gasteiger partial charge in [0.05, 0.1) is 15.8 Å². The van der Waals surface area contributed by atoms with Crippen molar-refractivity contribution < 1.29 is 14.4 Å². The Morgan fingerprint density at radius 1 is 0.833 bits per heavy atom. The fourth-order valence-electron chi connectivity index (χ4n) is 3.20. The first-order valence-electron chi connectivity index (χ1n) is 9.50. The first-order valence-corrected chi connectivity index (χ1v) is 9.50. The number of rotatable bonds is 8. The summed E-state index contributed by atoms with van der Waals surface area (Å²) in [6.45, 7) is 0.809. The first-order chi connectivity index (χ1) is 14.7. The van der Waals surface area contributed by atoms with Crippen LogP contribution in [0.2, 0.25) is 0 Å². The summed E-state index contributed by atoms with van der Waals surface area (Å²) in [5, 5.41) is 11.6. The lowest BCUT2D eigenvalue weighted by atomic mass is 10.1. The second kappa shape index (κ2) is 8.96. The predicted octanol–water partition coefficient (Wildman–Crippen LogP) is 5.57. The molecular formula is C24H20N2O4. The molecule has 0 aliphatic heterocycles. The predicted molar refractivity (Wildman–Crippen MR) is 116 cm³/mol. The molecule has 1 heterocycles. The Hall–Kier alpha value is -4.06. The molecular weight excluding hydrogens is 380 g/mol. The molecule has 0 spiro atoms. The first kappa shape index (κ1) is 19.3. The van der Waals surface area contributed by atoms with Crippen molar-refractivity contribution in [2.75, 3.05) is 0 Å². The van der Waals surface area contributed by atoms with Gasteiger partial charge in [-0.2, -0.15) is 0 Å². The van der Waals surface area contributed by atoms with E-state index in [-0.39, 0.29) is 0 Å². The maximum atomic E-state index is 10.8. The standard InChI is InChI=1S/C24H20N2O4/c27-26(28)14-13-20-15-25-24-22(30-17-19-9-5-2-6-10-19)12-11-21(23(20)24)29-16-18-7-3-1-4-8-18/h1-15,25H,16-17H2/b14-13+. The lowest BCUT2D eigenvalue weighted by Crippen LogP contribution is -1.98. The minimum absolute atomic E-state index is 0.393. The van der Waals surface area contributed by atoms with Gasteiger partial charge in [-0.15, -0.1) is 0 Å². The molecule has 0 radical (unpaired) electrons. The van der Waals surface area contributed by atoms with E-state index in [0.29, 0.717) is 30.3 Å². The molecule has 6 heteroatoms. The Bertz CT molecular complexity index is 1170. The van der Waals surface area contributed by atoms with Gasteiger partial charge in [-0.3, -0.25) is 10.1 Å². The Morgan fingerprint density at radius 3 is 2.00 bits per heavy atom. The normalized spacial score (nSPS) is 11.1. The lowest BCUT2D eigenvalue weighted by Gasteiger charge is -2.12. The number of hydrogen-bond acceptors (Lipinski definition) is 4. The molecule has 0 unspecified atom stereocenters. The SMILES string of the molecule is O=[N+]([O-])/C=C/c1c[nH]c2c(OCc3ccccc3)ccc(OCc3ccccc3)c12. The number of ether oxygens (including phenoxy) is 2. The zero-order chi connectivity index (χ0) is 20.8. The van der Waals surface area contributed by atoms with Crippen LogP contribution in [0.15, 0.2) is 85.2 Å². The summed E-state index contributed by atoms with van der Waals surface area (Å²) in [5.74, 6) is 1.28. The topological polar surface area (TPSA) is 77.4 Å². The number of aromatic nitrogens is 1. The maximum Gasteiger partial charge on any atom is 0.235 e. The molecule has 0 saturated carbocycles. The van der Waals surface area contributed by atoms with Crippen LogP contribution >= 0.6 is 0 Å². The summed E-state index contributed by atoms with van der Waals surface area (Å²) in [7, 11) is 0. The molecule has 0 bridgehead atoms. The molecule has 0 saturated heterocycles. The van der Waals surface area contributed by atoms with Crippen molar-refractivity contribution >= 4 is 17.0 Å². The van der Waals surface area contributed by atoms with Crippen LogP contribution in [0.3, 0.4) is 0 Å². The summed E-state index contributed by atoms with van der Waals surface area (Å²) in [6.07, 6.45) is 4.09. The van der Waals surface area contributed by atoms with Gasteiger partial charge in [0.25, 0.3) is 0 Å². The highest BCUT2D eigenvalue weighted by molar-refractivity contribution is 5.97. The van der Waals surface area contributed by atoms with Crippen molar-refractivity contribution in [1.29, 1.82) is 0 Å². The van der Waals surface area contributed by atoms with E-state index in [1.807, 2.05) is 72.8 Å². The second-order valence-electron chi connectivity index (χ2n) is 6.71. The number of nitro groups is 1. The number of nitrogens with zero attached hydrogens (tertiary/aromatic N) is 1. The van der Waals surface area contributed by atoms with Crippen molar-refractivity contribution in [2.45, 2.75) is 13.2 Å². The van der Waals surface area contributed by atoms with Gasteiger partial charge in [-0.25, -0.2) is 0 Å². The second-order valence-corrected chi connectivity index (χ2v) is 6.71. The molecule has 6 nitrogen and oxygen atoms in total. The molecule has 0 aliphatic rings. The summed E-state index contributed by atoms with van der Waals surface area (Å²) in [6, 6.07) is 23.4. The summed E-state index contributed by atoms with van der Waals surface area (Å²) in [4.78, 5) is 13.5. The molecule has 4 rings (SSSR count). The molecule has 1 N–H and O–H groups in total. The van der Waals surface area contributed by atoms with Gasteiger partial charge in [0.2, 0.25) is 6.20 Å². The Kier molecular flexibility index (Phi) is 5.75. The van der Waals surface area contributed by atoms with Gasteiger partial charge >= 0.3 is 0 Å². The fraction of sp³-hybridized carbons (Fsp3) is 0.0833. The molecule has 0 aliphatic carbocycles. The van der Waals surface area contributed by atoms with Gasteiger partial charge in [0, 0.05) is 17.8 Å². The zero-order valence-corrected chi connectivity index (χ0v) is 16.2. The summed E-state index contributed by atoms with van der Waals surface area (Å²) < 4.78 is 12.1. The number of aromatic amines is 1. The van der Waals surface area contributed by atoms with Crippen LogP contribution in [0, 0.1) is 10.1 Å². The Labute approximate surface area is 173 Å². The van der Waals surface area contributed by atoms with E-state index >= 15 is 0 Å². The molecule has 0 amide bonds. The van der Waals surface area contributed by atoms with Gasteiger partial charge in [-0.05, 0) is 23.3 Å². The minimum Gasteiger partial charge on any atom is -0.488 e. The average molecular weight is 400 g/mol. The number of hydrogen-bond donors (Lipinski definition) is 1. The smallest absolute Gasteiger partial charge is 0.235 e. The summed E-state index contributed by atoms with van der Waals surface area (Å²) >= 11 is 0. The van der Waals surface area contributed by atoms with E-state index < -0.39 is 4.92 Å². The quantitative estimate of drug-likeness (QED) is 0.310. The van der Waals surface area contributed by atoms with Gasteiger partial charge in [-0.1, -0.05) is 60.7 Å². The minimum atomic E-state index is -0.487. The highest BCUT2D eigenvalue weighted by atomic mass is 16.6. The third-order valence-corrected chi connectivity index (χ3v) is 4.64. The van der Waals surface area contributed by atoms with E-state index in [0.717, 1.165) is 28.2 Å². The van der Waals surface area contributed by atoms with Crippen molar-refractivity contribution in [3.63, 3.8) is 0 Å². The maximum absolute atomic E-state index is 10.8.